The molecule has 6 heteroatoms. The molecule has 1 rings (SSSR count). The molecule has 1 aliphatic rings. The largest absolute Gasteiger partial charge is 0.481 e. The Labute approximate surface area is 143 Å². The number of carbonyl (C=O) groups is 3. The molecule has 0 aromatic rings. The molecule has 0 saturated heterocycles. The molecule has 1 fully saturated rings. The Hall–Kier alpha value is -1.59. The zero-order valence-electron chi connectivity index (χ0n) is 14.3. The lowest BCUT2D eigenvalue weighted by atomic mass is 9.70. The van der Waals surface area contributed by atoms with Crippen molar-refractivity contribution in [2.24, 2.45) is 17.8 Å². The van der Waals surface area contributed by atoms with Gasteiger partial charge in [-0.05, 0) is 75.5 Å². The van der Waals surface area contributed by atoms with Crippen molar-refractivity contribution >= 4 is 17.9 Å². The average molecular weight is 342 g/mol. The first-order valence-electron chi connectivity index (χ1n) is 9.02. The molecule has 138 valence electrons. The highest BCUT2D eigenvalue weighted by Gasteiger charge is 2.28. The predicted octanol–water partition coefficient (Wildman–Crippen LogP) is 3.78. The van der Waals surface area contributed by atoms with Crippen LogP contribution in [0.15, 0.2) is 0 Å². The van der Waals surface area contributed by atoms with E-state index in [0.717, 1.165) is 38.5 Å². The van der Waals surface area contributed by atoms with Crippen LogP contribution >= 0.6 is 0 Å². The normalized spacial score (nSPS) is 23.8. The van der Waals surface area contributed by atoms with Crippen molar-refractivity contribution in [2.45, 2.75) is 77.0 Å². The fraction of sp³-hybridized carbons (Fsp3) is 0.833. The number of aliphatic carboxylic acids is 3. The number of hydrogen-bond acceptors (Lipinski definition) is 3. The van der Waals surface area contributed by atoms with Crippen LogP contribution in [0.3, 0.4) is 0 Å². The van der Waals surface area contributed by atoms with Crippen LogP contribution in [-0.2, 0) is 14.4 Å². The van der Waals surface area contributed by atoms with E-state index in [1.54, 1.807) is 0 Å². The van der Waals surface area contributed by atoms with E-state index in [4.69, 9.17) is 15.3 Å². The fourth-order valence-corrected chi connectivity index (χ4v) is 4.04. The summed E-state index contributed by atoms with van der Waals surface area (Å²) in [6, 6.07) is 0. The summed E-state index contributed by atoms with van der Waals surface area (Å²) < 4.78 is 0. The quantitative estimate of drug-likeness (QED) is 0.497. The van der Waals surface area contributed by atoms with Gasteiger partial charge in [-0.15, -0.1) is 0 Å². The SMILES string of the molecule is O=C(O)CCCC1CC(CCCC(=O)O)CC(CCCC(=O)O)C1. The van der Waals surface area contributed by atoms with Crippen molar-refractivity contribution in [3.05, 3.63) is 0 Å². The van der Waals surface area contributed by atoms with Gasteiger partial charge in [0.1, 0.15) is 0 Å². The van der Waals surface area contributed by atoms with Gasteiger partial charge >= 0.3 is 17.9 Å². The second kappa shape index (κ2) is 11.0. The highest BCUT2D eigenvalue weighted by atomic mass is 16.4. The number of rotatable bonds is 12. The molecule has 0 bridgehead atoms. The van der Waals surface area contributed by atoms with E-state index in [1.165, 1.54) is 0 Å². The van der Waals surface area contributed by atoms with E-state index in [1.807, 2.05) is 0 Å². The van der Waals surface area contributed by atoms with Crippen molar-refractivity contribution in [2.75, 3.05) is 0 Å². The number of carboxylic acid groups (broad SMARTS) is 3. The van der Waals surface area contributed by atoms with Gasteiger partial charge in [0.05, 0.1) is 0 Å². The number of hydrogen-bond donors (Lipinski definition) is 3. The minimum absolute atomic E-state index is 0.198. The lowest BCUT2D eigenvalue weighted by Gasteiger charge is -2.35. The first kappa shape index (κ1) is 20.5. The molecule has 0 aromatic carbocycles. The zero-order valence-corrected chi connectivity index (χ0v) is 14.3. The molecule has 0 aromatic heterocycles. The Balaban J connectivity index is 2.45. The van der Waals surface area contributed by atoms with E-state index in [0.29, 0.717) is 37.0 Å². The van der Waals surface area contributed by atoms with Crippen LogP contribution < -0.4 is 0 Å². The molecule has 0 spiro atoms. The first-order valence-corrected chi connectivity index (χ1v) is 9.02. The highest BCUT2D eigenvalue weighted by molar-refractivity contribution is 5.67. The molecule has 0 heterocycles. The molecule has 24 heavy (non-hydrogen) atoms. The smallest absolute Gasteiger partial charge is 0.303 e. The minimum atomic E-state index is -0.762. The lowest BCUT2D eigenvalue weighted by Crippen LogP contribution is -2.23. The number of carboxylic acids is 3. The van der Waals surface area contributed by atoms with Crippen LogP contribution in [-0.4, -0.2) is 33.2 Å². The van der Waals surface area contributed by atoms with Crippen molar-refractivity contribution in [1.82, 2.24) is 0 Å². The molecular weight excluding hydrogens is 312 g/mol. The fourth-order valence-electron chi connectivity index (χ4n) is 4.04. The van der Waals surface area contributed by atoms with Gasteiger partial charge in [-0.1, -0.05) is 0 Å². The topological polar surface area (TPSA) is 112 Å². The van der Waals surface area contributed by atoms with E-state index >= 15 is 0 Å². The molecule has 0 atom stereocenters. The van der Waals surface area contributed by atoms with E-state index in [9.17, 15) is 14.4 Å². The minimum Gasteiger partial charge on any atom is -0.481 e. The monoisotopic (exact) mass is 342 g/mol. The van der Waals surface area contributed by atoms with Gasteiger partial charge in [-0.25, -0.2) is 0 Å². The summed E-state index contributed by atoms with van der Waals surface area (Å²) in [5.74, 6) is -0.821. The Kier molecular flexibility index (Phi) is 9.42. The molecule has 6 nitrogen and oxygen atoms in total. The van der Waals surface area contributed by atoms with Crippen molar-refractivity contribution < 1.29 is 29.7 Å². The molecular formula is C18H30O6. The molecule has 1 saturated carbocycles. The van der Waals surface area contributed by atoms with Crippen LogP contribution in [0, 0.1) is 17.8 Å². The molecule has 1 aliphatic carbocycles. The molecule has 0 radical (unpaired) electrons. The zero-order chi connectivity index (χ0) is 17.9. The van der Waals surface area contributed by atoms with Gasteiger partial charge < -0.3 is 15.3 Å². The summed E-state index contributed by atoms with van der Waals surface area (Å²) in [4.78, 5) is 32.0. The third kappa shape index (κ3) is 9.53. The van der Waals surface area contributed by atoms with Crippen LogP contribution in [0.5, 0.6) is 0 Å². The van der Waals surface area contributed by atoms with E-state index in [-0.39, 0.29) is 19.3 Å². The molecule has 0 aliphatic heterocycles. The maximum Gasteiger partial charge on any atom is 0.303 e. The Bertz CT molecular complexity index is 352. The van der Waals surface area contributed by atoms with Crippen molar-refractivity contribution in [3.63, 3.8) is 0 Å². The van der Waals surface area contributed by atoms with Gasteiger partial charge in [0.2, 0.25) is 0 Å². The first-order chi connectivity index (χ1) is 11.4. The van der Waals surface area contributed by atoms with Gasteiger partial charge in [0, 0.05) is 19.3 Å². The highest BCUT2D eigenvalue weighted by Crippen LogP contribution is 2.40. The summed E-state index contributed by atoms with van der Waals surface area (Å²) in [5.41, 5.74) is 0. The van der Waals surface area contributed by atoms with Gasteiger partial charge in [-0.2, -0.15) is 0 Å². The molecule has 3 N–H and O–H groups in total. The Morgan fingerprint density at radius 1 is 0.583 bits per heavy atom. The Morgan fingerprint density at radius 3 is 1.04 bits per heavy atom. The maximum absolute atomic E-state index is 10.7. The third-order valence-electron chi connectivity index (χ3n) is 5.01. The van der Waals surface area contributed by atoms with Crippen LogP contribution in [0.1, 0.15) is 77.0 Å². The van der Waals surface area contributed by atoms with E-state index in [2.05, 4.69) is 0 Å². The predicted molar refractivity (Wildman–Crippen MR) is 88.8 cm³/mol. The standard InChI is InChI=1S/C18H30O6/c19-16(20)7-1-4-13-10-14(5-2-8-17(21)22)12-15(11-13)6-3-9-18(23)24/h13-15H,1-12H2,(H,19,20)(H,21,22)(H,23,24). The molecule has 0 unspecified atom stereocenters. The Morgan fingerprint density at radius 2 is 0.833 bits per heavy atom. The van der Waals surface area contributed by atoms with Gasteiger partial charge in [0.15, 0.2) is 0 Å². The second-order valence-corrected chi connectivity index (χ2v) is 7.16. The van der Waals surface area contributed by atoms with E-state index < -0.39 is 17.9 Å². The third-order valence-corrected chi connectivity index (χ3v) is 5.01. The van der Waals surface area contributed by atoms with Gasteiger partial charge in [0.25, 0.3) is 0 Å². The van der Waals surface area contributed by atoms with Crippen molar-refractivity contribution in [1.29, 1.82) is 0 Å². The summed E-state index contributed by atoms with van der Waals surface area (Å²) in [6.07, 6.45) is 8.50. The van der Waals surface area contributed by atoms with Crippen molar-refractivity contribution in [3.8, 4) is 0 Å². The maximum atomic E-state index is 10.7. The van der Waals surface area contributed by atoms with Crippen LogP contribution in [0.25, 0.3) is 0 Å². The van der Waals surface area contributed by atoms with Gasteiger partial charge in [-0.3, -0.25) is 14.4 Å². The second-order valence-electron chi connectivity index (χ2n) is 7.16. The lowest BCUT2D eigenvalue weighted by molar-refractivity contribution is -0.138. The molecule has 0 amide bonds. The summed E-state index contributed by atoms with van der Waals surface area (Å²) >= 11 is 0. The average Bonchev–Trinajstić information content (AvgIpc) is 2.46. The summed E-state index contributed by atoms with van der Waals surface area (Å²) in [7, 11) is 0. The van der Waals surface area contributed by atoms with Crippen LogP contribution in [0.2, 0.25) is 0 Å². The summed E-state index contributed by atoms with van der Waals surface area (Å²) in [6.45, 7) is 0. The summed E-state index contributed by atoms with van der Waals surface area (Å²) in [5, 5.41) is 26.3. The van der Waals surface area contributed by atoms with Crippen LogP contribution in [0.4, 0.5) is 0 Å².